The molecule has 0 heterocycles. The van der Waals surface area contributed by atoms with Gasteiger partial charge in [-0.05, 0) is 0 Å². The van der Waals surface area contributed by atoms with Crippen molar-refractivity contribution in [1.82, 2.24) is 0 Å². The minimum atomic E-state index is -1.13. The highest BCUT2D eigenvalue weighted by Crippen LogP contribution is 2.05. The van der Waals surface area contributed by atoms with Gasteiger partial charge in [0.2, 0.25) is 6.79 Å². The fourth-order valence-electron chi connectivity index (χ4n) is 0.953. The van der Waals surface area contributed by atoms with Crippen molar-refractivity contribution in [3.05, 3.63) is 0 Å². The van der Waals surface area contributed by atoms with Crippen molar-refractivity contribution in [3.8, 4) is 0 Å². The highest BCUT2D eigenvalue weighted by atomic mass is 16.7. The topological polar surface area (TPSA) is 127 Å². The Labute approximate surface area is 109 Å². The summed E-state index contributed by atoms with van der Waals surface area (Å²) in [6, 6.07) is 0. The number of carboxylic acids is 2. The van der Waals surface area contributed by atoms with Crippen LogP contribution in [0.4, 0.5) is 0 Å². The molecular weight excluding hydrogens is 260 g/mol. The van der Waals surface area contributed by atoms with Gasteiger partial charge in [0.05, 0.1) is 24.7 Å². The summed E-state index contributed by atoms with van der Waals surface area (Å²) < 4.78 is 8.97. The molecule has 0 aromatic rings. The van der Waals surface area contributed by atoms with E-state index in [0.29, 0.717) is 0 Å². The van der Waals surface area contributed by atoms with Crippen LogP contribution in [0.5, 0.6) is 0 Å². The van der Waals surface area contributed by atoms with Crippen LogP contribution in [0.15, 0.2) is 0 Å². The van der Waals surface area contributed by atoms with Gasteiger partial charge in [0.25, 0.3) is 0 Å². The molecule has 2 unspecified atom stereocenters. The van der Waals surface area contributed by atoms with E-state index in [-0.39, 0.29) is 12.8 Å². The summed E-state index contributed by atoms with van der Waals surface area (Å²) in [6.07, 6.45) is -0.670. The normalized spacial score (nSPS) is 13.2. The van der Waals surface area contributed by atoms with Crippen molar-refractivity contribution in [2.24, 2.45) is 11.8 Å². The molecule has 0 aliphatic carbocycles. The maximum atomic E-state index is 11.1. The molecule has 2 atom stereocenters. The van der Waals surface area contributed by atoms with Crippen LogP contribution in [0.25, 0.3) is 0 Å². The average molecular weight is 276 g/mol. The first-order valence-electron chi connectivity index (χ1n) is 5.50. The van der Waals surface area contributed by atoms with Gasteiger partial charge in [-0.2, -0.15) is 0 Å². The number of carbonyl (C=O) groups is 4. The molecule has 0 fully saturated rings. The van der Waals surface area contributed by atoms with Crippen LogP contribution in [-0.4, -0.2) is 40.9 Å². The molecule has 0 bridgehead atoms. The van der Waals surface area contributed by atoms with Gasteiger partial charge in [0.15, 0.2) is 0 Å². The predicted molar refractivity (Wildman–Crippen MR) is 59.9 cm³/mol. The van der Waals surface area contributed by atoms with Crippen molar-refractivity contribution in [2.45, 2.75) is 26.7 Å². The minimum absolute atomic E-state index is 0.335. The zero-order chi connectivity index (χ0) is 15.0. The van der Waals surface area contributed by atoms with Crippen LogP contribution < -0.4 is 0 Å². The maximum Gasteiger partial charge on any atom is 0.309 e. The second kappa shape index (κ2) is 8.06. The fraction of sp³-hybridized carbons (Fsp3) is 0.636. The third kappa shape index (κ3) is 7.74. The van der Waals surface area contributed by atoms with Gasteiger partial charge in [0.1, 0.15) is 0 Å². The Morgan fingerprint density at radius 2 is 1.16 bits per heavy atom. The second-order valence-electron chi connectivity index (χ2n) is 4.04. The summed E-state index contributed by atoms with van der Waals surface area (Å²) in [5.74, 6) is -5.68. The first kappa shape index (κ1) is 16.9. The lowest BCUT2D eigenvalue weighted by atomic mass is 10.1. The van der Waals surface area contributed by atoms with Gasteiger partial charge in [0, 0.05) is 0 Å². The fourth-order valence-corrected chi connectivity index (χ4v) is 0.953. The van der Waals surface area contributed by atoms with E-state index in [2.05, 4.69) is 9.47 Å². The van der Waals surface area contributed by atoms with Gasteiger partial charge >= 0.3 is 23.9 Å². The maximum absolute atomic E-state index is 11.1. The van der Waals surface area contributed by atoms with Crippen LogP contribution in [0.1, 0.15) is 26.7 Å². The predicted octanol–water partition coefficient (Wildman–Crippen LogP) is 0.252. The van der Waals surface area contributed by atoms with Gasteiger partial charge < -0.3 is 19.7 Å². The van der Waals surface area contributed by atoms with Crippen LogP contribution in [-0.2, 0) is 28.7 Å². The molecule has 8 nitrogen and oxygen atoms in total. The highest BCUT2D eigenvalue weighted by Gasteiger charge is 2.19. The summed E-state index contributed by atoms with van der Waals surface area (Å²) in [4.78, 5) is 43.1. The standard InChI is InChI=1S/C11H16O8/c1-6(10(14)15)3-8(12)18-5-19-9(13)4-7(2)11(16)17/h6-7H,3-5H2,1-2H3,(H,14,15)(H,16,17). The number of esters is 2. The Morgan fingerprint density at radius 3 is 1.42 bits per heavy atom. The van der Waals surface area contributed by atoms with Crippen molar-refractivity contribution in [3.63, 3.8) is 0 Å². The minimum Gasteiger partial charge on any atom is -0.481 e. The third-order valence-electron chi connectivity index (χ3n) is 2.23. The Balaban J connectivity index is 3.85. The lowest BCUT2D eigenvalue weighted by Gasteiger charge is -2.09. The van der Waals surface area contributed by atoms with E-state index in [1.165, 1.54) is 13.8 Å². The quantitative estimate of drug-likeness (QED) is 0.477. The Kier molecular flexibility index (Phi) is 7.16. The zero-order valence-electron chi connectivity index (χ0n) is 10.6. The molecule has 19 heavy (non-hydrogen) atoms. The van der Waals surface area contributed by atoms with E-state index in [0.717, 1.165) is 0 Å². The lowest BCUT2D eigenvalue weighted by Crippen LogP contribution is -2.20. The highest BCUT2D eigenvalue weighted by molar-refractivity contribution is 5.79. The summed E-state index contributed by atoms with van der Waals surface area (Å²) >= 11 is 0. The second-order valence-corrected chi connectivity index (χ2v) is 4.04. The molecule has 8 heteroatoms. The molecule has 0 aromatic carbocycles. The van der Waals surface area contributed by atoms with E-state index in [4.69, 9.17) is 10.2 Å². The van der Waals surface area contributed by atoms with Crippen molar-refractivity contribution < 1.29 is 38.9 Å². The third-order valence-corrected chi connectivity index (χ3v) is 2.23. The van der Waals surface area contributed by atoms with Crippen LogP contribution in [0.2, 0.25) is 0 Å². The zero-order valence-corrected chi connectivity index (χ0v) is 10.6. The average Bonchev–Trinajstić information content (AvgIpc) is 2.28. The molecule has 2 N–H and O–H groups in total. The Bertz CT molecular complexity index is 328. The van der Waals surface area contributed by atoms with E-state index in [1.54, 1.807) is 0 Å². The van der Waals surface area contributed by atoms with Crippen molar-refractivity contribution >= 4 is 23.9 Å². The van der Waals surface area contributed by atoms with Crippen LogP contribution in [0, 0.1) is 11.8 Å². The summed E-state index contributed by atoms with van der Waals surface area (Å²) in [5.41, 5.74) is 0. The molecule has 0 radical (unpaired) electrons. The monoisotopic (exact) mass is 276 g/mol. The molecule has 0 saturated heterocycles. The summed E-state index contributed by atoms with van der Waals surface area (Å²) in [7, 11) is 0. The van der Waals surface area contributed by atoms with Gasteiger partial charge in [-0.15, -0.1) is 0 Å². The molecular formula is C11H16O8. The molecule has 0 spiro atoms. The molecule has 0 rings (SSSR count). The number of aliphatic carboxylic acids is 2. The van der Waals surface area contributed by atoms with E-state index < -0.39 is 42.5 Å². The summed E-state index contributed by atoms with van der Waals surface area (Å²) in [6.45, 7) is 2.02. The van der Waals surface area contributed by atoms with E-state index in [9.17, 15) is 19.2 Å². The number of hydrogen-bond donors (Lipinski definition) is 2. The van der Waals surface area contributed by atoms with Crippen molar-refractivity contribution in [1.29, 1.82) is 0 Å². The Morgan fingerprint density at radius 1 is 0.842 bits per heavy atom. The summed E-state index contributed by atoms with van der Waals surface area (Å²) in [5, 5.41) is 17.1. The van der Waals surface area contributed by atoms with Gasteiger partial charge in [-0.25, -0.2) is 0 Å². The lowest BCUT2D eigenvalue weighted by molar-refractivity contribution is -0.170. The molecule has 108 valence electrons. The smallest absolute Gasteiger partial charge is 0.309 e. The van der Waals surface area contributed by atoms with Gasteiger partial charge in [-0.1, -0.05) is 13.8 Å². The molecule has 0 aliphatic rings. The first-order valence-corrected chi connectivity index (χ1v) is 5.50. The molecule has 0 aliphatic heterocycles. The Hall–Kier alpha value is -2.12. The van der Waals surface area contributed by atoms with E-state index in [1.807, 2.05) is 0 Å². The number of ether oxygens (including phenoxy) is 2. The number of carboxylic acid groups (broad SMARTS) is 2. The largest absolute Gasteiger partial charge is 0.481 e. The van der Waals surface area contributed by atoms with E-state index >= 15 is 0 Å². The van der Waals surface area contributed by atoms with Crippen LogP contribution >= 0.6 is 0 Å². The number of hydrogen-bond acceptors (Lipinski definition) is 6. The first-order chi connectivity index (χ1) is 8.73. The SMILES string of the molecule is CC(CC(=O)OCOC(=O)CC(C)C(=O)O)C(=O)O. The van der Waals surface area contributed by atoms with Crippen LogP contribution in [0.3, 0.4) is 0 Å². The molecule has 0 saturated carbocycles. The number of rotatable bonds is 8. The number of carbonyl (C=O) groups excluding carboxylic acids is 2. The van der Waals surface area contributed by atoms with Crippen molar-refractivity contribution in [2.75, 3.05) is 6.79 Å². The molecule has 0 aromatic heterocycles. The van der Waals surface area contributed by atoms with Gasteiger partial charge in [-0.3, -0.25) is 19.2 Å². The molecule has 0 amide bonds.